The monoisotopic (exact) mass is 342 g/mol. The summed E-state index contributed by atoms with van der Waals surface area (Å²) in [6.07, 6.45) is 0. The van der Waals surface area contributed by atoms with E-state index in [0.29, 0.717) is 23.7 Å². The Morgan fingerprint density at radius 2 is 1.72 bits per heavy atom. The highest BCUT2D eigenvalue weighted by atomic mass is 16.5. The van der Waals surface area contributed by atoms with E-state index < -0.39 is 5.97 Å². The van der Waals surface area contributed by atoms with Gasteiger partial charge in [-0.25, -0.2) is 4.79 Å². The SMILES string of the molecule is CCOC(=O)c1ccc(NC(=O)c2ccc(NC(C)(C)C)nn2)cc1. The first-order valence-electron chi connectivity index (χ1n) is 7.99. The van der Waals surface area contributed by atoms with Gasteiger partial charge in [-0.2, -0.15) is 0 Å². The lowest BCUT2D eigenvalue weighted by Crippen LogP contribution is -2.27. The summed E-state index contributed by atoms with van der Waals surface area (Å²) >= 11 is 0. The van der Waals surface area contributed by atoms with Crippen molar-refractivity contribution in [3.05, 3.63) is 47.7 Å². The summed E-state index contributed by atoms with van der Waals surface area (Å²) in [6.45, 7) is 8.09. The molecule has 0 unspecified atom stereocenters. The summed E-state index contributed by atoms with van der Waals surface area (Å²) in [7, 11) is 0. The van der Waals surface area contributed by atoms with E-state index in [4.69, 9.17) is 4.74 Å². The highest BCUT2D eigenvalue weighted by Gasteiger charge is 2.13. The van der Waals surface area contributed by atoms with Crippen molar-refractivity contribution in [2.24, 2.45) is 0 Å². The minimum Gasteiger partial charge on any atom is -0.462 e. The highest BCUT2D eigenvalue weighted by Crippen LogP contribution is 2.13. The lowest BCUT2D eigenvalue weighted by atomic mass is 10.1. The number of ether oxygens (including phenoxy) is 1. The fraction of sp³-hybridized carbons (Fsp3) is 0.333. The Balaban J connectivity index is 2.00. The third kappa shape index (κ3) is 5.56. The van der Waals surface area contributed by atoms with Gasteiger partial charge in [-0.3, -0.25) is 4.79 Å². The first kappa shape index (κ1) is 18.4. The fourth-order valence-electron chi connectivity index (χ4n) is 2.00. The van der Waals surface area contributed by atoms with Gasteiger partial charge in [0.15, 0.2) is 5.69 Å². The number of anilines is 2. The molecule has 1 amide bonds. The van der Waals surface area contributed by atoms with Crippen molar-refractivity contribution in [3.8, 4) is 0 Å². The maximum atomic E-state index is 12.2. The third-order valence-electron chi connectivity index (χ3n) is 3.05. The van der Waals surface area contributed by atoms with Gasteiger partial charge in [0.1, 0.15) is 5.82 Å². The number of esters is 1. The summed E-state index contributed by atoms with van der Waals surface area (Å²) in [6, 6.07) is 9.76. The van der Waals surface area contributed by atoms with E-state index in [-0.39, 0.29) is 17.1 Å². The average molecular weight is 342 g/mol. The molecule has 7 nitrogen and oxygen atoms in total. The van der Waals surface area contributed by atoms with Crippen molar-refractivity contribution < 1.29 is 14.3 Å². The first-order valence-corrected chi connectivity index (χ1v) is 7.99. The van der Waals surface area contributed by atoms with Crippen molar-refractivity contribution in [2.45, 2.75) is 33.2 Å². The number of hydrogen-bond acceptors (Lipinski definition) is 6. The second-order valence-corrected chi connectivity index (χ2v) is 6.43. The lowest BCUT2D eigenvalue weighted by molar-refractivity contribution is 0.0526. The highest BCUT2D eigenvalue weighted by molar-refractivity contribution is 6.03. The molecule has 25 heavy (non-hydrogen) atoms. The molecule has 2 N–H and O–H groups in total. The molecule has 1 aromatic heterocycles. The predicted octanol–water partition coefficient (Wildman–Crippen LogP) is 3.12. The van der Waals surface area contributed by atoms with E-state index in [1.165, 1.54) is 0 Å². The van der Waals surface area contributed by atoms with Crippen molar-refractivity contribution in [2.75, 3.05) is 17.2 Å². The lowest BCUT2D eigenvalue weighted by Gasteiger charge is -2.20. The van der Waals surface area contributed by atoms with Crippen LogP contribution >= 0.6 is 0 Å². The van der Waals surface area contributed by atoms with E-state index in [2.05, 4.69) is 20.8 Å². The Hall–Kier alpha value is -2.96. The molecule has 0 atom stereocenters. The summed E-state index contributed by atoms with van der Waals surface area (Å²) in [4.78, 5) is 23.8. The van der Waals surface area contributed by atoms with Crippen LogP contribution in [0.5, 0.6) is 0 Å². The van der Waals surface area contributed by atoms with Gasteiger partial charge in [0.05, 0.1) is 12.2 Å². The molecular weight excluding hydrogens is 320 g/mol. The summed E-state index contributed by atoms with van der Waals surface area (Å²) in [5, 5.41) is 13.8. The number of benzene rings is 1. The van der Waals surface area contributed by atoms with Crippen LogP contribution in [0, 0.1) is 0 Å². The van der Waals surface area contributed by atoms with Crippen LogP contribution in [0.4, 0.5) is 11.5 Å². The number of amides is 1. The zero-order chi connectivity index (χ0) is 18.4. The van der Waals surface area contributed by atoms with Gasteiger partial charge in [0.2, 0.25) is 0 Å². The second-order valence-electron chi connectivity index (χ2n) is 6.43. The molecule has 2 rings (SSSR count). The van der Waals surface area contributed by atoms with E-state index in [0.717, 1.165) is 0 Å². The molecule has 0 bridgehead atoms. The second kappa shape index (κ2) is 7.74. The minimum absolute atomic E-state index is 0.140. The minimum atomic E-state index is -0.395. The van der Waals surface area contributed by atoms with Crippen LogP contribution in [0.3, 0.4) is 0 Å². The zero-order valence-electron chi connectivity index (χ0n) is 14.8. The van der Waals surface area contributed by atoms with Gasteiger partial charge in [0.25, 0.3) is 5.91 Å². The normalized spacial score (nSPS) is 10.9. The Bertz CT molecular complexity index is 734. The van der Waals surface area contributed by atoms with Crippen molar-refractivity contribution in [3.63, 3.8) is 0 Å². The number of nitrogens with zero attached hydrogens (tertiary/aromatic N) is 2. The molecule has 132 valence electrons. The van der Waals surface area contributed by atoms with Crippen LogP contribution in [0.25, 0.3) is 0 Å². The number of nitrogens with one attached hydrogen (secondary N) is 2. The predicted molar refractivity (Wildman–Crippen MR) is 95.8 cm³/mol. The van der Waals surface area contributed by atoms with Crippen molar-refractivity contribution >= 4 is 23.4 Å². The maximum absolute atomic E-state index is 12.2. The molecule has 0 saturated carbocycles. The Morgan fingerprint density at radius 3 is 2.24 bits per heavy atom. The van der Waals surface area contributed by atoms with Gasteiger partial charge < -0.3 is 15.4 Å². The van der Waals surface area contributed by atoms with Gasteiger partial charge in [-0.05, 0) is 64.1 Å². The first-order chi connectivity index (χ1) is 11.8. The molecule has 0 aliphatic carbocycles. The average Bonchev–Trinajstić information content (AvgIpc) is 2.55. The summed E-state index contributed by atoms with van der Waals surface area (Å²) < 4.78 is 4.91. The van der Waals surface area contributed by atoms with E-state index in [9.17, 15) is 9.59 Å². The van der Waals surface area contributed by atoms with Gasteiger partial charge in [0, 0.05) is 11.2 Å². The number of rotatable bonds is 5. The Kier molecular flexibility index (Phi) is 5.69. The van der Waals surface area contributed by atoms with Crippen LogP contribution in [-0.4, -0.2) is 34.2 Å². The van der Waals surface area contributed by atoms with E-state index in [1.54, 1.807) is 43.3 Å². The number of aromatic nitrogens is 2. The van der Waals surface area contributed by atoms with E-state index >= 15 is 0 Å². The molecular formula is C18H22N4O3. The number of hydrogen-bond donors (Lipinski definition) is 2. The van der Waals surface area contributed by atoms with Gasteiger partial charge in [-0.1, -0.05) is 0 Å². The molecule has 0 aliphatic heterocycles. The molecule has 0 aliphatic rings. The van der Waals surface area contributed by atoms with Gasteiger partial charge >= 0.3 is 5.97 Å². The standard InChI is InChI=1S/C18H22N4O3/c1-5-25-17(24)12-6-8-13(9-7-12)19-16(23)14-10-11-15(22-21-14)20-18(2,3)4/h6-11H,5H2,1-4H3,(H,19,23)(H,20,22). The molecule has 2 aromatic rings. The topological polar surface area (TPSA) is 93.2 Å². The molecule has 0 fully saturated rings. The van der Waals surface area contributed by atoms with Crippen LogP contribution in [-0.2, 0) is 4.74 Å². The molecule has 1 aromatic carbocycles. The third-order valence-corrected chi connectivity index (χ3v) is 3.05. The van der Waals surface area contributed by atoms with E-state index in [1.807, 2.05) is 20.8 Å². The number of carbonyl (C=O) groups is 2. The van der Waals surface area contributed by atoms with Crippen LogP contribution in [0.15, 0.2) is 36.4 Å². The van der Waals surface area contributed by atoms with Crippen molar-refractivity contribution in [1.82, 2.24) is 10.2 Å². The Labute approximate surface area is 146 Å². The quantitative estimate of drug-likeness (QED) is 0.811. The van der Waals surface area contributed by atoms with Crippen LogP contribution in [0.2, 0.25) is 0 Å². The summed E-state index contributed by atoms with van der Waals surface area (Å²) in [5.74, 6) is -0.172. The largest absolute Gasteiger partial charge is 0.462 e. The fourth-order valence-corrected chi connectivity index (χ4v) is 2.00. The maximum Gasteiger partial charge on any atom is 0.338 e. The molecule has 0 saturated heterocycles. The molecule has 0 radical (unpaired) electrons. The van der Waals surface area contributed by atoms with Crippen LogP contribution in [0.1, 0.15) is 48.5 Å². The molecule has 0 spiro atoms. The Morgan fingerprint density at radius 1 is 1.04 bits per heavy atom. The van der Waals surface area contributed by atoms with Crippen molar-refractivity contribution in [1.29, 1.82) is 0 Å². The number of carbonyl (C=O) groups excluding carboxylic acids is 2. The summed E-state index contributed by atoms with van der Waals surface area (Å²) in [5.41, 5.74) is 1.04. The van der Waals surface area contributed by atoms with Crippen LogP contribution < -0.4 is 10.6 Å². The van der Waals surface area contributed by atoms with Gasteiger partial charge in [-0.15, -0.1) is 10.2 Å². The molecule has 1 heterocycles. The zero-order valence-corrected chi connectivity index (χ0v) is 14.8. The smallest absolute Gasteiger partial charge is 0.338 e. The molecule has 7 heteroatoms.